The van der Waals surface area contributed by atoms with Crippen molar-refractivity contribution in [1.29, 1.82) is 0 Å². The van der Waals surface area contributed by atoms with Crippen LogP contribution in [0.1, 0.15) is 12.8 Å². The van der Waals surface area contributed by atoms with Crippen LogP contribution in [0.3, 0.4) is 0 Å². The Kier molecular flexibility index (Phi) is 1.98. The molecule has 0 aliphatic heterocycles. The maximum absolute atomic E-state index is 10.2. The van der Waals surface area contributed by atoms with Crippen LogP contribution in [0.5, 0.6) is 0 Å². The van der Waals surface area contributed by atoms with E-state index < -0.39 is 22.0 Å². The van der Waals surface area contributed by atoms with Crippen LogP contribution >= 0.6 is 0 Å². The van der Waals surface area contributed by atoms with Gasteiger partial charge in [-0.15, -0.1) is 0 Å². The molecule has 0 bridgehead atoms. The average molecular weight is 166 g/mol. The zero-order chi connectivity index (χ0) is 7.78. The maximum Gasteiger partial charge on any atom is 0.267 e. The Morgan fingerprint density at radius 1 is 1.50 bits per heavy atom. The molecule has 1 aliphatic carbocycles. The lowest BCUT2D eigenvalue weighted by Gasteiger charge is -2.04. The molecule has 1 aliphatic rings. The van der Waals surface area contributed by atoms with Gasteiger partial charge < -0.3 is 5.11 Å². The van der Waals surface area contributed by atoms with Crippen LogP contribution < -0.4 is 0 Å². The number of hydrogen-bond donors (Lipinski definition) is 2. The van der Waals surface area contributed by atoms with Gasteiger partial charge in [0.15, 0.2) is 0 Å². The largest absolute Gasteiger partial charge is 0.392 e. The zero-order valence-electron chi connectivity index (χ0n) is 5.40. The number of aliphatic hydroxyl groups is 1. The van der Waals surface area contributed by atoms with Gasteiger partial charge >= 0.3 is 0 Å². The molecule has 0 aromatic heterocycles. The van der Waals surface area contributed by atoms with Gasteiger partial charge in [0.05, 0.1) is 6.10 Å². The molecule has 0 aromatic rings. The second-order valence-corrected chi connectivity index (χ2v) is 4.15. The minimum atomic E-state index is -3.98. The molecule has 0 saturated heterocycles. The molecule has 1 fully saturated rings. The summed E-state index contributed by atoms with van der Waals surface area (Å²) in [4.78, 5) is 0. The van der Waals surface area contributed by atoms with Gasteiger partial charge in [0, 0.05) is 0 Å². The van der Waals surface area contributed by atoms with E-state index in [1.54, 1.807) is 0 Å². The van der Waals surface area contributed by atoms with E-state index in [1.807, 2.05) is 0 Å². The monoisotopic (exact) mass is 166 g/mol. The van der Waals surface area contributed by atoms with Crippen LogP contribution in [0.25, 0.3) is 0 Å². The van der Waals surface area contributed by atoms with Gasteiger partial charge in [-0.3, -0.25) is 4.55 Å². The van der Waals surface area contributed by atoms with E-state index in [4.69, 9.17) is 9.66 Å². The normalized spacial score (nSPS) is 22.6. The van der Waals surface area contributed by atoms with E-state index in [-0.39, 0.29) is 5.92 Å². The molecule has 1 saturated carbocycles. The van der Waals surface area contributed by atoms with Gasteiger partial charge in [-0.1, -0.05) is 0 Å². The molecular weight excluding hydrogens is 156 g/mol. The molecule has 0 heterocycles. The highest BCUT2D eigenvalue weighted by molar-refractivity contribution is 7.85. The Hall–Kier alpha value is -0.130. The van der Waals surface area contributed by atoms with Crippen LogP contribution in [0.15, 0.2) is 0 Å². The van der Waals surface area contributed by atoms with E-state index in [0.29, 0.717) is 0 Å². The molecule has 5 heteroatoms. The zero-order valence-corrected chi connectivity index (χ0v) is 6.21. The Bertz CT molecular complexity index is 204. The summed E-state index contributed by atoms with van der Waals surface area (Å²) < 4.78 is 28.6. The number of hydrogen-bond acceptors (Lipinski definition) is 3. The Morgan fingerprint density at radius 2 is 2.00 bits per heavy atom. The van der Waals surface area contributed by atoms with Gasteiger partial charge in [0.2, 0.25) is 0 Å². The lowest BCUT2D eigenvalue weighted by atomic mass is 10.3. The SMILES string of the molecule is O=S(=O)(O)CC(O)C1CC1. The van der Waals surface area contributed by atoms with E-state index in [0.717, 1.165) is 12.8 Å². The van der Waals surface area contributed by atoms with Crippen molar-refractivity contribution in [2.45, 2.75) is 18.9 Å². The molecule has 60 valence electrons. The predicted molar refractivity (Wildman–Crippen MR) is 35.1 cm³/mol. The highest BCUT2D eigenvalue weighted by Gasteiger charge is 2.32. The summed E-state index contributed by atoms with van der Waals surface area (Å²) in [6.07, 6.45) is 0.878. The molecule has 0 aromatic carbocycles. The molecule has 4 nitrogen and oxygen atoms in total. The predicted octanol–water partition coefficient (Wildman–Crippen LogP) is -0.355. The number of aliphatic hydroxyl groups excluding tert-OH is 1. The first-order valence-corrected chi connectivity index (χ1v) is 4.73. The van der Waals surface area contributed by atoms with Gasteiger partial charge in [-0.2, -0.15) is 8.42 Å². The van der Waals surface area contributed by atoms with Crippen LogP contribution in [0, 0.1) is 5.92 Å². The van der Waals surface area contributed by atoms with Crippen molar-refractivity contribution >= 4 is 10.1 Å². The van der Waals surface area contributed by atoms with Crippen molar-refractivity contribution in [2.24, 2.45) is 5.92 Å². The topological polar surface area (TPSA) is 74.6 Å². The first kappa shape index (κ1) is 7.97. The summed E-state index contributed by atoms with van der Waals surface area (Å²) in [5, 5.41) is 8.99. The molecular formula is C5H10O4S. The fourth-order valence-electron chi connectivity index (χ4n) is 0.833. The third-order valence-electron chi connectivity index (χ3n) is 1.55. The van der Waals surface area contributed by atoms with Gasteiger partial charge in [0.25, 0.3) is 10.1 Å². The van der Waals surface area contributed by atoms with E-state index in [2.05, 4.69) is 0 Å². The summed E-state index contributed by atoms with van der Waals surface area (Å²) >= 11 is 0. The van der Waals surface area contributed by atoms with Crippen LogP contribution in [-0.2, 0) is 10.1 Å². The summed E-state index contributed by atoms with van der Waals surface area (Å²) in [6, 6.07) is 0. The molecule has 0 spiro atoms. The molecule has 0 amide bonds. The van der Waals surface area contributed by atoms with Crippen molar-refractivity contribution in [3.8, 4) is 0 Å². The van der Waals surface area contributed by atoms with Crippen molar-refractivity contribution in [1.82, 2.24) is 0 Å². The van der Waals surface area contributed by atoms with Crippen molar-refractivity contribution in [2.75, 3.05) is 5.75 Å². The van der Waals surface area contributed by atoms with Crippen LogP contribution in [0.4, 0.5) is 0 Å². The summed E-state index contributed by atoms with van der Waals surface area (Å²) in [5.41, 5.74) is 0. The van der Waals surface area contributed by atoms with Gasteiger partial charge in [-0.25, -0.2) is 0 Å². The fraction of sp³-hybridized carbons (Fsp3) is 1.00. The minimum Gasteiger partial charge on any atom is -0.392 e. The Morgan fingerprint density at radius 3 is 2.30 bits per heavy atom. The van der Waals surface area contributed by atoms with Crippen molar-refractivity contribution < 1.29 is 18.1 Å². The summed E-state index contributed by atoms with van der Waals surface area (Å²) in [6.45, 7) is 0. The minimum absolute atomic E-state index is 0.0990. The molecule has 2 N–H and O–H groups in total. The highest BCUT2D eigenvalue weighted by atomic mass is 32.2. The fourth-order valence-corrected chi connectivity index (χ4v) is 1.54. The van der Waals surface area contributed by atoms with E-state index in [9.17, 15) is 8.42 Å². The standard InChI is InChI=1S/C5H10O4S/c6-5(4-1-2-4)3-10(7,8)9/h4-6H,1-3H2,(H,7,8,9). The second-order valence-electron chi connectivity index (χ2n) is 2.65. The lowest BCUT2D eigenvalue weighted by molar-refractivity contribution is 0.171. The quantitative estimate of drug-likeness (QED) is 0.562. The lowest BCUT2D eigenvalue weighted by Crippen LogP contribution is -2.21. The third kappa shape index (κ3) is 2.64. The average Bonchev–Trinajstić information content (AvgIpc) is 2.35. The molecule has 1 rings (SSSR count). The Labute approximate surface area is 59.6 Å². The Balaban J connectivity index is 2.37. The van der Waals surface area contributed by atoms with Gasteiger partial charge in [0.1, 0.15) is 5.75 Å². The van der Waals surface area contributed by atoms with Crippen molar-refractivity contribution in [3.63, 3.8) is 0 Å². The molecule has 1 unspecified atom stereocenters. The highest BCUT2D eigenvalue weighted by Crippen LogP contribution is 2.32. The molecule has 10 heavy (non-hydrogen) atoms. The van der Waals surface area contributed by atoms with Crippen LogP contribution in [-0.4, -0.2) is 29.9 Å². The smallest absolute Gasteiger partial charge is 0.267 e. The second kappa shape index (κ2) is 2.48. The molecule has 1 atom stereocenters. The van der Waals surface area contributed by atoms with Crippen LogP contribution in [0.2, 0.25) is 0 Å². The van der Waals surface area contributed by atoms with Crippen molar-refractivity contribution in [3.05, 3.63) is 0 Å². The van der Waals surface area contributed by atoms with E-state index >= 15 is 0 Å². The first-order chi connectivity index (χ1) is 4.49. The molecule has 0 radical (unpaired) electrons. The summed E-state index contributed by atoms with van der Waals surface area (Å²) in [5.74, 6) is -0.417. The van der Waals surface area contributed by atoms with E-state index in [1.165, 1.54) is 0 Å². The first-order valence-electron chi connectivity index (χ1n) is 3.12. The maximum atomic E-state index is 10.2. The van der Waals surface area contributed by atoms with Gasteiger partial charge in [-0.05, 0) is 18.8 Å². The number of rotatable bonds is 3. The third-order valence-corrected chi connectivity index (χ3v) is 2.31. The summed E-state index contributed by atoms with van der Waals surface area (Å²) in [7, 11) is -3.98.